The number of carbonyl (C=O) groups is 1. The molecule has 0 N–H and O–H groups in total. The zero-order valence-corrected chi connectivity index (χ0v) is 10.3. The van der Waals surface area contributed by atoms with Gasteiger partial charge in [-0.3, -0.25) is 9.69 Å². The molecular formula is C12H24N2O. The van der Waals surface area contributed by atoms with Crippen LogP contribution in [0.3, 0.4) is 0 Å². The summed E-state index contributed by atoms with van der Waals surface area (Å²) in [7, 11) is 0. The summed E-state index contributed by atoms with van der Waals surface area (Å²) in [6.45, 7) is 11.1. The Balaban J connectivity index is 2.20. The van der Waals surface area contributed by atoms with Crippen molar-refractivity contribution >= 4 is 5.91 Å². The van der Waals surface area contributed by atoms with Crippen LogP contribution in [0.4, 0.5) is 0 Å². The molecule has 15 heavy (non-hydrogen) atoms. The fraction of sp³-hybridized carbons (Fsp3) is 0.917. The van der Waals surface area contributed by atoms with Gasteiger partial charge >= 0.3 is 0 Å². The highest BCUT2D eigenvalue weighted by Gasteiger charge is 2.21. The minimum atomic E-state index is 0.299. The minimum absolute atomic E-state index is 0.299. The van der Waals surface area contributed by atoms with Crippen molar-refractivity contribution in [1.82, 2.24) is 9.80 Å². The Hall–Kier alpha value is -0.570. The Morgan fingerprint density at radius 3 is 2.60 bits per heavy atom. The van der Waals surface area contributed by atoms with Crippen molar-refractivity contribution < 1.29 is 4.79 Å². The molecule has 0 aromatic rings. The third kappa shape index (κ3) is 4.20. The van der Waals surface area contributed by atoms with Crippen LogP contribution in [0.5, 0.6) is 0 Å². The van der Waals surface area contributed by atoms with E-state index in [1.165, 1.54) is 12.8 Å². The second-order valence-corrected chi connectivity index (χ2v) is 4.79. The molecule has 1 fully saturated rings. The highest BCUT2D eigenvalue weighted by molar-refractivity contribution is 5.78. The van der Waals surface area contributed by atoms with Crippen LogP contribution in [-0.2, 0) is 4.79 Å². The Labute approximate surface area is 93.4 Å². The van der Waals surface area contributed by atoms with Gasteiger partial charge in [0.2, 0.25) is 5.91 Å². The summed E-state index contributed by atoms with van der Waals surface area (Å²) >= 11 is 0. The van der Waals surface area contributed by atoms with Gasteiger partial charge in [-0.2, -0.15) is 0 Å². The van der Waals surface area contributed by atoms with Gasteiger partial charge in [0, 0.05) is 19.6 Å². The standard InChI is InChI=1S/C12H24N2O/c1-4-14-9-8-13(10-12(14)15)7-5-6-11(2)3/h11H,4-10H2,1-3H3. The summed E-state index contributed by atoms with van der Waals surface area (Å²) < 4.78 is 0. The maximum absolute atomic E-state index is 11.6. The van der Waals surface area contributed by atoms with Crippen molar-refractivity contribution in [3.05, 3.63) is 0 Å². The van der Waals surface area contributed by atoms with E-state index in [1.54, 1.807) is 0 Å². The van der Waals surface area contributed by atoms with Gasteiger partial charge in [0.15, 0.2) is 0 Å². The van der Waals surface area contributed by atoms with Gasteiger partial charge in [0.25, 0.3) is 0 Å². The molecule has 0 radical (unpaired) electrons. The van der Waals surface area contributed by atoms with E-state index in [2.05, 4.69) is 18.7 Å². The summed E-state index contributed by atoms with van der Waals surface area (Å²) in [5.74, 6) is 1.07. The molecule has 88 valence electrons. The van der Waals surface area contributed by atoms with Gasteiger partial charge in [0.1, 0.15) is 0 Å². The van der Waals surface area contributed by atoms with Crippen molar-refractivity contribution in [2.75, 3.05) is 32.7 Å². The normalized spacial score (nSPS) is 18.9. The molecule has 3 nitrogen and oxygen atoms in total. The number of hydrogen-bond acceptors (Lipinski definition) is 2. The molecule has 0 atom stereocenters. The van der Waals surface area contributed by atoms with E-state index in [0.29, 0.717) is 12.5 Å². The molecular weight excluding hydrogens is 188 g/mol. The number of rotatable bonds is 5. The lowest BCUT2D eigenvalue weighted by atomic mass is 10.1. The number of amides is 1. The van der Waals surface area contributed by atoms with Crippen LogP contribution in [0.1, 0.15) is 33.6 Å². The van der Waals surface area contributed by atoms with Crippen LogP contribution >= 0.6 is 0 Å². The second-order valence-electron chi connectivity index (χ2n) is 4.79. The molecule has 0 aromatic carbocycles. The minimum Gasteiger partial charge on any atom is -0.341 e. The Kier molecular flexibility index (Phi) is 5.09. The number of hydrogen-bond donors (Lipinski definition) is 0. The molecule has 1 aliphatic rings. The fourth-order valence-corrected chi connectivity index (χ4v) is 2.01. The average molecular weight is 212 g/mol. The Morgan fingerprint density at radius 2 is 2.07 bits per heavy atom. The van der Waals surface area contributed by atoms with Crippen LogP contribution in [0.2, 0.25) is 0 Å². The SMILES string of the molecule is CCN1CCN(CCCC(C)C)CC1=O. The molecule has 1 amide bonds. The van der Waals surface area contributed by atoms with Crippen molar-refractivity contribution in [1.29, 1.82) is 0 Å². The first-order valence-corrected chi connectivity index (χ1v) is 6.13. The van der Waals surface area contributed by atoms with Crippen molar-refractivity contribution in [3.63, 3.8) is 0 Å². The van der Waals surface area contributed by atoms with Gasteiger partial charge in [-0.1, -0.05) is 13.8 Å². The molecule has 1 rings (SSSR count). The first-order chi connectivity index (χ1) is 7.13. The van der Waals surface area contributed by atoms with E-state index in [1.807, 2.05) is 11.8 Å². The van der Waals surface area contributed by atoms with Crippen LogP contribution < -0.4 is 0 Å². The number of carbonyl (C=O) groups excluding carboxylic acids is 1. The zero-order valence-electron chi connectivity index (χ0n) is 10.3. The maximum Gasteiger partial charge on any atom is 0.236 e. The molecule has 3 heteroatoms. The zero-order chi connectivity index (χ0) is 11.3. The largest absolute Gasteiger partial charge is 0.341 e. The Morgan fingerprint density at radius 1 is 1.33 bits per heavy atom. The smallest absolute Gasteiger partial charge is 0.236 e. The van der Waals surface area contributed by atoms with Crippen molar-refractivity contribution in [2.24, 2.45) is 5.92 Å². The molecule has 0 unspecified atom stereocenters. The molecule has 0 spiro atoms. The van der Waals surface area contributed by atoms with Gasteiger partial charge in [-0.15, -0.1) is 0 Å². The fourth-order valence-electron chi connectivity index (χ4n) is 2.01. The van der Waals surface area contributed by atoms with Gasteiger partial charge in [-0.05, 0) is 32.2 Å². The van der Waals surface area contributed by atoms with E-state index in [4.69, 9.17) is 0 Å². The summed E-state index contributed by atoms with van der Waals surface area (Å²) in [5, 5.41) is 0. The quantitative estimate of drug-likeness (QED) is 0.691. The van der Waals surface area contributed by atoms with E-state index >= 15 is 0 Å². The summed E-state index contributed by atoms with van der Waals surface area (Å²) in [5.41, 5.74) is 0. The predicted molar refractivity (Wildman–Crippen MR) is 62.8 cm³/mol. The third-order valence-corrected chi connectivity index (χ3v) is 3.04. The first kappa shape index (κ1) is 12.5. The van der Waals surface area contributed by atoms with Crippen LogP contribution in [-0.4, -0.2) is 48.4 Å². The molecule has 1 heterocycles. The molecule has 0 bridgehead atoms. The summed E-state index contributed by atoms with van der Waals surface area (Å²) in [4.78, 5) is 15.8. The lowest BCUT2D eigenvalue weighted by molar-refractivity contribution is -0.135. The van der Waals surface area contributed by atoms with E-state index in [0.717, 1.165) is 32.1 Å². The number of nitrogens with zero attached hydrogens (tertiary/aromatic N) is 2. The highest BCUT2D eigenvalue weighted by Crippen LogP contribution is 2.08. The van der Waals surface area contributed by atoms with Gasteiger partial charge in [0.05, 0.1) is 6.54 Å². The van der Waals surface area contributed by atoms with E-state index in [9.17, 15) is 4.79 Å². The monoisotopic (exact) mass is 212 g/mol. The van der Waals surface area contributed by atoms with E-state index < -0.39 is 0 Å². The van der Waals surface area contributed by atoms with E-state index in [-0.39, 0.29) is 0 Å². The molecule has 0 saturated carbocycles. The van der Waals surface area contributed by atoms with Crippen LogP contribution in [0, 0.1) is 5.92 Å². The molecule has 1 saturated heterocycles. The lowest BCUT2D eigenvalue weighted by Gasteiger charge is -2.33. The summed E-state index contributed by atoms with van der Waals surface area (Å²) in [6.07, 6.45) is 2.49. The number of likely N-dealkylation sites (N-methyl/N-ethyl adjacent to an activating group) is 1. The van der Waals surface area contributed by atoms with Gasteiger partial charge < -0.3 is 4.90 Å². The molecule has 0 aromatic heterocycles. The molecule has 0 aliphatic carbocycles. The summed E-state index contributed by atoms with van der Waals surface area (Å²) in [6, 6.07) is 0. The van der Waals surface area contributed by atoms with Crippen LogP contribution in [0.15, 0.2) is 0 Å². The Bertz CT molecular complexity index is 204. The van der Waals surface area contributed by atoms with Gasteiger partial charge in [-0.25, -0.2) is 0 Å². The maximum atomic E-state index is 11.6. The topological polar surface area (TPSA) is 23.6 Å². The predicted octanol–water partition coefficient (Wildman–Crippen LogP) is 1.59. The highest BCUT2D eigenvalue weighted by atomic mass is 16.2. The number of piperazine rings is 1. The lowest BCUT2D eigenvalue weighted by Crippen LogP contribution is -2.50. The molecule has 1 aliphatic heterocycles. The van der Waals surface area contributed by atoms with Crippen molar-refractivity contribution in [3.8, 4) is 0 Å². The average Bonchev–Trinajstić information content (AvgIpc) is 2.17. The van der Waals surface area contributed by atoms with Crippen molar-refractivity contribution in [2.45, 2.75) is 33.6 Å². The second kappa shape index (κ2) is 6.11. The van der Waals surface area contributed by atoms with Crippen LogP contribution in [0.25, 0.3) is 0 Å². The third-order valence-electron chi connectivity index (χ3n) is 3.04. The first-order valence-electron chi connectivity index (χ1n) is 6.13.